The van der Waals surface area contributed by atoms with E-state index in [2.05, 4.69) is 23.5 Å². The van der Waals surface area contributed by atoms with Gasteiger partial charge in [0.05, 0.1) is 13.0 Å². The molecule has 0 aliphatic carbocycles. The van der Waals surface area contributed by atoms with Gasteiger partial charge in [0.1, 0.15) is 0 Å². The normalized spacial score (nSPS) is 13.4. The second-order valence-corrected chi connectivity index (χ2v) is 3.82. The highest BCUT2D eigenvalue weighted by atomic mass is 16.5. The van der Waals surface area contributed by atoms with Gasteiger partial charge < -0.3 is 15.4 Å². The van der Waals surface area contributed by atoms with Gasteiger partial charge >= 0.3 is 5.97 Å². The number of esters is 1. The number of nitrogens with zero attached hydrogens (tertiary/aromatic N) is 1. The Labute approximate surface area is 86.4 Å². The third-order valence-corrected chi connectivity index (χ3v) is 2.53. The van der Waals surface area contributed by atoms with Crippen molar-refractivity contribution < 1.29 is 9.53 Å². The summed E-state index contributed by atoms with van der Waals surface area (Å²) in [6, 6.07) is 0.492. The topological polar surface area (TPSA) is 55.6 Å². The number of nitrogens with two attached hydrogens (primary N) is 1. The molecule has 0 fully saturated rings. The first kappa shape index (κ1) is 13.4. The Morgan fingerprint density at radius 1 is 1.50 bits per heavy atom. The molecule has 2 N–H and O–H groups in total. The number of hydrogen-bond donors (Lipinski definition) is 1. The van der Waals surface area contributed by atoms with Gasteiger partial charge in [-0.05, 0) is 33.9 Å². The molecule has 0 aromatic carbocycles. The lowest BCUT2D eigenvalue weighted by atomic mass is 10.1. The maximum absolute atomic E-state index is 11.2. The molecule has 0 aromatic heterocycles. The van der Waals surface area contributed by atoms with E-state index in [1.807, 2.05) is 7.05 Å². The number of methoxy groups -OCH3 is 1. The smallest absolute Gasteiger partial charge is 0.309 e. The predicted molar refractivity (Wildman–Crippen MR) is 56.9 cm³/mol. The number of carbonyl (C=O) groups excluding carboxylic acids is 1. The van der Waals surface area contributed by atoms with Gasteiger partial charge in [0.25, 0.3) is 0 Å². The Balaban J connectivity index is 3.89. The molecule has 0 aliphatic rings. The van der Waals surface area contributed by atoms with Crippen LogP contribution in [-0.2, 0) is 9.53 Å². The Morgan fingerprint density at radius 2 is 2.07 bits per heavy atom. The van der Waals surface area contributed by atoms with Crippen molar-refractivity contribution in [3.63, 3.8) is 0 Å². The van der Waals surface area contributed by atoms with Crippen LogP contribution in [0.4, 0.5) is 0 Å². The van der Waals surface area contributed by atoms with Gasteiger partial charge in [0, 0.05) is 12.6 Å². The Morgan fingerprint density at radius 3 is 2.43 bits per heavy atom. The molecule has 0 rings (SSSR count). The van der Waals surface area contributed by atoms with Crippen LogP contribution in [0.5, 0.6) is 0 Å². The molecule has 1 atom stereocenters. The highest BCUT2D eigenvalue weighted by Gasteiger charge is 2.17. The van der Waals surface area contributed by atoms with Crippen molar-refractivity contribution in [3.05, 3.63) is 0 Å². The zero-order valence-corrected chi connectivity index (χ0v) is 9.62. The van der Waals surface area contributed by atoms with E-state index < -0.39 is 0 Å². The quantitative estimate of drug-likeness (QED) is 0.636. The Hall–Kier alpha value is -0.610. The summed E-state index contributed by atoms with van der Waals surface area (Å²) in [4.78, 5) is 13.4. The number of rotatable bonds is 6. The van der Waals surface area contributed by atoms with Crippen molar-refractivity contribution in [1.29, 1.82) is 0 Å². The van der Waals surface area contributed by atoms with E-state index >= 15 is 0 Å². The second kappa shape index (κ2) is 6.79. The molecule has 0 aliphatic heterocycles. The maximum atomic E-state index is 11.2. The van der Waals surface area contributed by atoms with E-state index in [9.17, 15) is 4.79 Å². The van der Waals surface area contributed by atoms with Gasteiger partial charge in [0.2, 0.25) is 0 Å². The zero-order valence-electron chi connectivity index (χ0n) is 9.62. The molecular formula is C10H22N2O2. The summed E-state index contributed by atoms with van der Waals surface area (Å²) in [5, 5.41) is 0. The molecular weight excluding hydrogens is 180 g/mol. The van der Waals surface area contributed by atoms with E-state index in [1.165, 1.54) is 7.11 Å². The van der Waals surface area contributed by atoms with Crippen molar-refractivity contribution in [1.82, 2.24) is 4.90 Å². The van der Waals surface area contributed by atoms with Crippen LogP contribution in [0.25, 0.3) is 0 Å². The average molecular weight is 202 g/mol. The monoisotopic (exact) mass is 202 g/mol. The van der Waals surface area contributed by atoms with Crippen molar-refractivity contribution in [2.45, 2.75) is 26.3 Å². The van der Waals surface area contributed by atoms with Crippen molar-refractivity contribution in [2.24, 2.45) is 11.7 Å². The minimum Gasteiger partial charge on any atom is -0.469 e. The molecule has 84 valence electrons. The van der Waals surface area contributed by atoms with Gasteiger partial charge in [-0.2, -0.15) is 0 Å². The van der Waals surface area contributed by atoms with Crippen molar-refractivity contribution in [3.8, 4) is 0 Å². The average Bonchev–Trinajstić information content (AvgIpc) is 2.17. The van der Waals surface area contributed by atoms with Crippen molar-refractivity contribution >= 4 is 5.97 Å². The molecule has 0 aromatic rings. The fourth-order valence-electron chi connectivity index (χ4n) is 1.12. The van der Waals surface area contributed by atoms with Crippen LogP contribution >= 0.6 is 0 Å². The molecule has 1 unspecified atom stereocenters. The number of carbonyl (C=O) groups is 1. The summed E-state index contributed by atoms with van der Waals surface area (Å²) in [5.74, 6) is -0.370. The molecule has 4 nitrogen and oxygen atoms in total. The molecule has 0 radical (unpaired) electrons. The summed E-state index contributed by atoms with van der Waals surface area (Å²) in [7, 11) is 3.44. The summed E-state index contributed by atoms with van der Waals surface area (Å²) in [6.45, 7) is 5.47. The third-order valence-electron chi connectivity index (χ3n) is 2.53. The number of ether oxygens (including phenoxy) is 1. The molecule has 0 spiro atoms. The Bertz CT molecular complexity index is 172. The van der Waals surface area contributed by atoms with Gasteiger partial charge in [-0.15, -0.1) is 0 Å². The van der Waals surface area contributed by atoms with Crippen molar-refractivity contribution in [2.75, 3.05) is 27.2 Å². The first-order valence-electron chi connectivity index (χ1n) is 5.01. The van der Waals surface area contributed by atoms with Gasteiger partial charge in [0.15, 0.2) is 0 Å². The van der Waals surface area contributed by atoms with Gasteiger partial charge in [-0.3, -0.25) is 4.79 Å². The lowest BCUT2D eigenvalue weighted by Gasteiger charge is -2.22. The van der Waals surface area contributed by atoms with Crippen LogP contribution in [0, 0.1) is 5.92 Å². The Kier molecular flexibility index (Phi) is 6.49. The van der Waals surface area contributed by atoms with Crippen LogP contribution in [-0.4, -0.2) is 44.2 Å². The molecule has 0 saturated heterocycles. The van der Waals surface area contributed by atoms with Crippen LogP contribution in [0.3, 0.4) is 0 Å². The molecule has 0 heterocycles. The minimum atomic E-state index is -0.204. The van der Waals surface area contributed by atoms with E-state index in [4.69, 9.17) is 5.73 Å². The molecule has 0 bridgehead atoms. The highest BCUT2D eigenvalue weighted by Crippen LogP contribution is 2.06. The standard InChI is InChI=1S/C10H22N2O2/c1-8(2)12(3)6-5-9(7-11)10(13)14-4/h8-9H,5-7,11H2,1-4H3. The van der Waals surface area contributed by atoms with E-state index in [-0.39, 0.29) is 11.9 Å². The predicted octanol–water partition coefficient (Wildman–Crippen LogP) is 0.465. The largest absolute Gasteiger partial charge is 0.469 e. The van der Waals surface area contributed by atoms with E-state index in [1.54, 1.807) is 0 Å². The molecule has 14 heavy (non-hydrogen) atoms. The zero-order chi connectivity index (χ0) is 11.1. The van der Waals surface area contributed by atoms with E-state index in [0.29, 0.717) is 12.6 Å². The summed E-state index contributed by atoms with van der Waals surface area (Å²) < 4.78 is 4.66. The van der Waals surface area contributed by atoms with Crippen LogP contribution in [0.1, 0.15) is 20.3 Å². The fourth-order valence-corrected chi connectivity index (χ4v) is 1.12. The van der Waals surface area contributed by atoms with Crippen LogP contribution in [0.2, 0.25) is 0 Å². The highest BCUT2D eigenvalue weighted by molar-refractivity contribution is 5.72. The fraction of sp³-hybridized carbons (Fsp3) is 0.900. The van der Waals surface area contributed by atoms with Gasteiger partial charge in [-0.25, -0.2) is 0 Å². The first-order valence-corrected chi connectivity index (χ1v) is 5.01. The molecule has 0 saturated carbocycles. The summed E-state index contributed by atoms with van der Waals surface area (Å²) in [6.07, 6.45) is 0.762. The maximum Gasteiger partial charge on any atom is 0.309 e. The minimum absolute atomic E-state index is 0.166. The molecule has 4 heteroatoms. The lowest BCUT2D eigenvalue weighted by molar-refractivity contribution is -0.145. The van der Waals surface area contributed by atoms with Crippen LogP contribution < -0.4 is 5.73 Å². The third kappa shape index (κ3) is 4.58. The molecule has 0 amide bonds. The SMILES string of the molecule is COC(=O)C(CN)CCN(C)C(C)C. The van der Waals surface area contributed by atoms with E-state index in [0.717, 1.165) is 13.0 Å². The van der Waals surface area contributed by atoms with Crippen LogP contribution in [0.15, 0.2) is 0 Å². The summed E-state index contributed by atoms with van der Waals surface area (Å²) in [5.41, 5.74) is 5.49. The second-order valence-electron chi connectivity index (χ2n) is 3.82. The lowest BCUT2D eigenvalue weighted by Crippen LogP contribution is -2.32. The van der Waals surface area contributed by atoms with Gasteiger partial charge in [-0.1, -0.05) is 0 Å². The number of hydrogen-bond acceptors (Lipinski definition) is 4. The first-order chi connectivity index (χ1) is 6.52. The summed E-state index contributed by atoms with van der Waals surface area (Å²) >= 11 is 0.